The summed E-state index contributed by atoms with van der Waals surface area (Å²) in [5.41, 5.74) is -0.846. The summed E-state index contributed by atoms with van der Waals surface area (Å²) in [7, 11) is 1.65. The Kier molecular flexibility index (Phi) is 22.8. The summed E-state index contributed by atoms with van der Waals surface area (Å²) in [5, 5.41) is 29.8. The molecule has 0 radical (unpaired) electrons. The highest BCUT2D eigenvalue weighted by atomic mass is 16.6. The fourth-order valence-electron chi connectivity index (χ4n) is 12.0. The Hall–Kier alpha value is -5.11. The van der Waals surface area contributed by atoms with Crippen molar-refractivity contribution in [3.8, 4) is 0 Å². The number of methoxy groups -OCH3 is 1. The SMILES string of the molecule is COC1C(OC(=O)NC2CCC(NC(=O)CNC(=O)[C@H](CC(C)C)NC(=O)[C@H](Cc3ccccc3)NC(=O)CNC(=O)C(C)(CC(C)(CC(C)C)C(=O)NCC(C)O)C(C)C)CC2)CC[C@]2(CO2)C1[C@@]1(C)O[C@@H]1CC=C(C)C. The average molecular weight is 1090 g/mol. The summed E-state index contributed by atoms with van der Waals surface area (Å²) in [5.74, 6) is -3.13. The van der Waals surface area contributed by atoms with Gasteiger partial charge < -0.3 is 61.3 Å². The predicted molar refractivity (Wildman–Crippen MR) is 296 cm³/mol. The molecule has 2 aliphatic carbocycles. The van der Waals surface area contributed by atoms with Crippen molar-refractivity contribution in [2.45, 2.75) is 213 Å². The first-order valence-corrected chi connectivity index (χ1v) is 28.5. The van der Waals surface area contributed by atoms with Gasteiger partial charge in [0.05, 0.1) is 37.8 Å². The fourth-order valence-corrected chi connectivity index (χ4v) is 12.0. The number of carbonyl (C=O) groups excluding carboxylic acids is 7. The molecule has 1 aromatic rings. The third-order valence-corrected chi connectivity index (χ3v) is 16.5. The van der Waals surface area contributed by atoms with Crippen molar-refractivity contribution >= 4 is 41.5 Å². The minimum atomic E-state index is -1.14. The second-order valence-corrected chi connectivity index (χ2v) is 24.9. The van der Waals surface area contributed by atoms with Crippen LogP contribution in [0.4, 0.5) is 4.79 Å². The number of carbonyl (C=O) groups is 7. The van der Waals surface area contributed by atoms with E-state index in [2.05, 4.69) is 64.1 Å². The van der Waals surface area contributed by atoms with Gasteiger partial charge in [0, 0.05) is 43.0 Å². The second kappa shape index (κ2) is 27.9. The number of aliphatic hydroxyl groups is 1. The van der Waals surface area contributed by atoms with Crippen LogP contribution in [0.1, 0.15) is 153 Å². The largest absolute Gasteiger partial charge is 0.443 e. The Balaban J connectivity index is 1.11. The van der Waals surface area contributed by atoms with Gasteiger partial charge in [-0.1, -0.05) is 97.4 Å². The second-order valence-electron chi connectivity index (χ2n) is 24.9. The number of benzene rings is 1. The predicted octanol–water partition coefficient (Wildman–Crippen LogP) is 5.31. The summed E-state index contributed by atoms with van der Waals surface area (Å²) in [4.78, 5) is 95.8. The van der Waals surface area contributed by atoms with Crippen molar-refractivity contribution in [3.63, 3.8) is 0 Å². The molecular formula is C59H95N7O12. The highest BCUT2D eigenvalue weighted by Crippen LogP contribution is 2.59. The van der Waals surface area contributed by atoms with Crippen molar-refractivity contribution in [1.29, 1.82) is 0 Å². The highest BCUT2D eigenvalue weighted by molar-refractivity contribution is 5.95. The van der Waals surface area contributed by atoms with Crippen LogP contribution >= 0.6 is 0 Å². The molecule has 2 heterocycles. The normalized spacial score (nSPS) is 27.2. The number of hydrogen-bond donors (Lipinski definition) is 8. The third-order valence-electron chi connectivity index (χ3n) is 16.5. The molecule has 1 aromatic carbocycles. The van der Waals surface area contributed by atoms with E-state index in [-0.39, 0.29) is 85.7 Å². The zero-order valence-corrected chi connectivity index (χ0v) is 48.9. The van der Waals surface area contributed by atoms with Crippen molar-refractivity contribution in [1.82, 2.24) is 37.2 Å². The van der Waals surface area contributed by atoms with Crippen LogP contribution in [0.25, 0.3) is 0 Å². The Morgan fingerprint density at radius 3 is 1.99 bits per heavy atom. The number of nitrogens with one attached hydrogen (secondary N) is 7. The van der Waals surface area contributed by atoms with E-state index in [9.17, 15) is 38.7 Å². The molecule has 5 rings (SSSR count). The topological polar surface area (TPSA) is 267 Å². The van der Waals surface area contributed by atoms with Gasteiger partial charge >= 0.3 is 6.09 Å². The maximum atomic E-state index is 14.1. The van der Waals surface area contributed by atoms with Gasteiger partial charge in [0.2, 0.25) is 35.4 Å². The lowest BCUT2D eigenvalue weighted by molar-refractivity contribution is -0.142. The average Bonchev–Trinajstić information content (AvgIpc) is 4.35. The molecule has 6 unspecified atom stereocenters. The number of hydrogen-bond acceptors (Lipinski definition) is 12. The molecule has 11 atom stereocenters. The Morgan fingerprint density at radius 1 is 0.795 bits per heavy atom. The Bertz CT molecular complexity index is 2240. The van der Waals surface area contributed by atoms with Crippen molar-refractivity contribution in [2.75, 3.05) is 33.4 Å². The van der Waals surface area contributed by atoms with Crippen LogP contribution in [0.2, 0.25) is 0 Å². The van der Waals surface area contributed by atoms with E-state index < -0.39 is 89.0 Å². The number of allylic oxidation sites excluding steroid dienone is 1. The summed E-state index contributed by atoms with van der Waals surface area (Å²) >= 11 is 0. The van der Waals surface area contributed by atoms with Crippen molar-refractivity contribution < 1.29 is 57.6 Å². The van der Waals surface area contributed by atoms with Gasteiger partial charge in [-0.05, 0) is 115 Å². The lowest BCUT2D eigenvalue weighted by Crippen LogP contribution is -2.57. The summed E-state index contributed by atoms with van der Waals surface area (Å²) in [6, 6.07) is 6.58. The first kappa shape index (κ1) is 63.7. The van der Waals surface area contributed by atoms with Crippen LogP contribution in [-0.4, -0.2) is 140 Å². The molecule has 7 amide bonds. The summed E-state index contributed by atoms with van der Waals surface area (Å²) < 4.78 is 24.5. The van der Waals surface area contributed by atoms with Crippen LogP contribution < -0.4 is 37.2 Å². The van der Waals surface area contributed by atoms with E-state index in [1.807, 2.05) is 78.8 Å². The molecule has 2 aliphatic heterocycles. The van der Waals surface area contributed by atoms with Crippen LogP contribution in [0.3, 0.4) is 0 Å². The molecule has 0 aromatic heterocycles. The zero-order valence-electron chi connectivity index (χ0n) is 48.9. The number of aliphatic hydroxyl groups excluding tert-OH is 1. The summed E-state index contributed by atoms with van der Waals surface area (Å²) in [6.07, 6.45) is 5.69. The van der Waals surface area contributed by atoms with E-state index >= 15 is 0 Å². The molecule has 4 aliphatic rings. The molecule has 438 valence electrons. The standard InChI is InChI=1S/C59H95N7O12/c1-35(2)19-24-46-58(12,78-46)50-49(75-13)45(25-26-59(50)34-76-59)77-55(74)64-42-22-20-41(21-23-42)63-47(68)31-60-51(70)43(27-36(3)4)66-52(71)44(28-40-17-15-14-16-18-40)65-48(69)32-62-54(73)57(11,38(7)8)33-56(10,29-37(5)6)53(72)61-30-39(9)67/h14-19,36-39,41-46,49-50,67H,20-34H2,1-13H3,(H,60,70)(H,61,72)(H,62,73)(H,63,68)(H,64,74)(H,65,69)(H,66,71)/t39?,41?,42?,43-,44-,45?,46+,49?,50?,56?,57?,58-,59-/m0/s1. The molecule has 0 bridgehead atoms. The number of alkyl carbamates (subject to hydrolysis) is 1. The van der Waals surface area contributed by atoms with Gasteiger partial charge in [-0.15, -0.1) is 0 Å². The minimum Gasteiger partial charge on any atom is -0.443 e. The van der Waals surface area contributed by atoms with Gasteiger partial charge in [0.1, 0.15) is 35.5 Å². The molecule has 19 nitrogen and oxygen atoms in total. The number of rotatable bonds is 28. The van der Waals surface area contributed by atoms with E-state index in [0.29, 0.717) is 45.1 Å². The van der Waals surface area contributed by atoms with Gasteiger partial charge in [0.25, 0.3) is 0 Å². The van der Waals surface area contributed by atoms with Gasteiger partial charge in [0.15, 0.2) is 0 Å². The Morgan fingerprint density at radius 2 is 1.42 bits per heavy atom. The molecule has 2 saturated carbocycles. The maximum absolute atomic E-state index is 14.1. The first-order valence-electron chi connectivity index (χ1n) is 28.5. The third kappa shape index (κ3) is 17.7. The quantitative estimate of drug-likeness (QED) is 0.0392. The van der Waals surface area contributed by atoms with E-state index in [4.69, 9.17) is 18.9 Å². The van der Waals surface area contributed by atoms with Crippen LogP contribution in [-0.2, 0) is 54.1 Å². The fraction of sp³-hybridized carbons (Fsp3) is 0.746. The van der Waals surface area contributed by atoms with Crippen molar-refractivity contribution in [3.05, 3.63) is 47.5 Å². The molecule has 8 N–H and O–H groups in total. The minimum absolute atomic E-state index is 0.0353. The van der Waals surface area contributed by atoms with E-state index in [1.54, 1.807) is 21.0 Å². The van der Waals surface area contributed by atoms with Crippen molar-refractivity contribution in [2.24, 2.45) is 34.5 Å². The molecule has 1 spiro atoms. The zero-order chi connectivity index (χ0) is 57.8. The Labute approximate surface area is 463 Å². The number of ether oxygens (including phenoxy) is 4. The maximum Gasteiger partial charge on any atom is 0.407 e. The number of amides is 7. The first-order chi connectivity index (χ1) is 36.6. The van der Waals surface area contributed by atoms with E-state index in [0.717, 1.165) is 18.4 Å². The van der Waals surface area contributed by atoms with Crippen LogP contribution in [0.15, 0.2) is 42.0 Å². The van der Waals surface area contributed by atoms with Gasteiger partial charge in [-0.25, -0.2) is 4.79 Å². The monoisotopic (exact) mass is 1090 g/mol. The number of epoxide rings is 2. The molecule has 78 heavy (non-hydrogen) atoms. The molecular weight excluding hydrogens is 999 g/mol. The highest BCUT2D eigenvalue weighted by Gasteiger charge is 2.72. The van der Waals surface area contributed by atoms with E-state index in [1.165, 1.54) is 5.57 Å². The van der Waals surface area contributed by atoms with Crippen LogP contribution in [0, 0.1) is 34.5 Å². The molecule has 19 heteroatoms. The summed E-state index contributed by atoms with van der Waals surface area (Å²) in [6.45, 7) is 23.0. The van der Waals surface area contributed by atoms with Crippen LogP contribution in [0.5, 0.6) is 0 Å². The van der Waals surface area contributed by atoms with Gasteiger partial charge in [-0.2, -0.15) is 0 Å². The molecule has 2 saturated heterocycles. The smallest absolute Gasteiger partial charge is 0.407 e. The van der Waals surface area contributed by atoms with Gasteiger partial charge in [-0.3, -0.25) is 28.8 Å². The lowest BCUT2D eigenvalue weighted by Gasteiger charge is -2.42. The molecule has 4 fully saturated rings. The lowest BCUT2D eigenvalue weighted by atomic mass is 9.64.